The van der Waals surface area contributed by atoms with Gasteiger partial charge in [0.2, 0.25) is 0 Å². The molecule has 5 rings (SSSR count). The van der Waals surface area contributed by atoms with E-state index in [1.54, 1.807) is 0 Å². The maximum absolute atomic E-state index is 12.8. The highest BCUT2D eigenvalue weighted by atomic mass is 16.1. The summed E-state index contributed by atoms with van der Waals surface area (Å²) in [5.74, 6) is 0.456. The largest absolute Gasteiger partial charge is 0.368 e. The third-order valence-corrected chi connectivity index (χ3v) is 5.56. The van der Waals surface area contributed by atoms with Crippen LogP contribution >= 0.6 is 0 Å². The van der Waals surface area contributed by atoms with Crippen molar-refractivity contribution >= 4 is 16.9 Å². The summed E-state index contributed by atoms with van der Waals surface area (Å²) < 4.78 is 1.54. The lowest BCUT2D eigenvalue weighted by molar-refractivity contribution is 0.331. The summed E-state index contributed by atoms with van der Waals surface area (Å²) in [6, 6.07) is 4.62. The Hall–Kier alpha value is -2.97. The van der Waals surface area contributed by atoms with Crippen LogP contribution in [0.2, 0.25) is 0 Å². The standard InChI is InChI=1S/C21H25N7O/c1-13-8-18-10-16(9-15(3)28(18)25-13)20-23-19-5-4-17(12-27(19)21(29)24-20)26-7-6-22-14(2)11-26/h4-5,8-10,12-14,22,25H,6-7,11H2,1-3H3/t13?,14-/m0/s1. The number of anilines is 1. The van der Waals surface area contributed by atoms with Crippen LogP contribution in [0.3, 0.4) is 0 Å². The zero-order valence-corrected chi connectivity index (χ0v) is 16.9. The van der Waals surface area contributed by atoms with Crippen molar-refractivity contribution in [3.63, 3.8) is 0 Å². The third kappa shape index (κ3) is 3.24. The first-order chi connectivity index (χ1) is 14.0. The van der Waals surface area contributed by atoms with E-state index >= 15 is 0 Å². The van der Waals surface area contributed by atoms with Crippen LogP contribution in [0.25, 0.3) is 11.2 Å². The maximum atomic E-state index is 12.8. The quantitative estimate of drug-likeness (QED) is 0.799. The summed E-state index contributed by atoms with van der Waals surface area (Å²) in [7, 11) is 0. The Bertz CT molecular complexity index is 1130. The number of nitrogens with zero attached hydrogens (tertiary/aromatic N) is 5. The summed E-state index contributed by atoms with van der Waals surface area (Å²) in [5.41, 5.74) is 7.63. The topological polar surface area (TPSA) is 77.8 Å². The van der Waals surface area contributed by atoms with Crippen LogP contribution in [-0.2, 0) is 0 Å². The monoisotopic (exact) mass is 391 g/mol. The van der Waals surface area contributed by atoms with E-state index < -0.39 is 0 Å². The van der Waals surface area contributed by atoms with E-state index in [9.17, 15) is 4.79 Å². The number of allylic oxidation sites excluding steroid dienone is 4. The molecular formula is C21H25N7O. The molecule has 0 radical (unpaired) electrons. The maximum Gasteiger partial charge on any atom is 0.355 e. The molecule has 3 aliphatic rings. The third-order valence-electron chi connectivity index (χ3n) is 5.56. The molecule has 8 heteroatoms. The highest BCUT2D eigenvalue weighted by Crippen LogP contribution is 2.29. The molecule has 2 aromatic rings. The first kappa shape index (κ1) is 18.1. The molecule has 2 atom stereocenters. The fraction of sp³-hybridized carbons (Fsp3) is 0.381. The number of hydrazine groups is 1. The molecule has 2 aromatic heterocycles. The fourth-order valence-electron chi connectivity index (χ4n) is 4.17. The first-order valence-electron chi connectivity index (χ1n) is 10.1. The Morgan fingerprint density at radius 2 is 2.03 bits per heavy atom. The van der Waals surface area contributed by atoms with Gasteiger partial charge in [-0.25, -0.2) is 19.6 Å². The molecule has 0 saturated carbocycles. The molecule has 150 valence electrons. The van der Waals surface area contributed by atoms with Gasteiger partial charge in [0.1, 0.15) is 5.65 Å². The second-order valence-corrected chi connectivity index (χ2v) is 7.98. The van der Waals surface area contributed by atoms with E-state index in [-0.39, 0.29) is 11.7 Å². The molecule has 2 N–H and O–H groups in total. The Balaban J connectivity index is 1.53. The summed E-state index contributed by atoms with van der Waals surface area (Å²) >= 11 is 0. The Morgan fingerprint density at radius 1 is 1.17 bits per heavy atom. The highest BCUT2D eigenvalue weighted by molar-refractivity contribution is 5.75. The van der Waals surface area contributed by atoms with Crippen LogP contribution in [-0.4, -0.2) is 51.1 Å². The van der Waals surface area contributed by atoms with Crippen LogP contribution < -0.4 is 21.3 Å². The van der Waals surface area contributed by atoms with Gasteiger partial charge < -0.3 is 10.2 Å². The van der Waals surface area contributed by atoms with Crippen molar-refractivity contribution in [2.24, 2.45) is 0 Å². The van der Waals surface area contributed by atoms with Gasteiger partial charge in [-0.05, 0) is 51.1 Å². The van der Waals surface area contributed by atoms with Gasteiger partial charge in [-0.3, -0.25) is 5.01 Å². The molecular weight excluding hydrogens is 366 g/mol. The molecule has 1 saturated heterocycles. The summed E-state index contributed by atoms with van der Waals surface area (Å²) in [6.45, 7) is 9.05. The van der Waals surface area contributed by atoms with Crippen molar-refractivity contribution in [1.29, 1.82) is 0 Å². The summed E-state index contributed by atoms with van der Waals surface area (Å²) in [4.78, 5) is 24.0. The van der Waals surface area contributed by atoms with Gasteiger partial charge in [-0.2, -0.15) is 4.98 Å². The summed E-state index contributed by atoms with van der Waals surface area (Å²) in [6.07, 6.45) is 8.02. The number of rotatable bonds is 2. The fourth-order valence-corrected chi connectivity index (χ4v) is 4.17. The number of piperazine rings is 1. The molecule has 8 nitrogen and oxygen atoms in total. The van der Waals surface area contributed by atoms with Gasteiger partial charge in [-0.1, -0.05) is 0 Å². The van der Waals surface area contributed by atoms with E-state index in [0.29, 0.717) is 17.5 Å². The van der Waals surface area contributed by atoms with Crippen molar-refractivity contribution in [2.75, 3.05) is 24.5 Å². The second-order valence-electron chi connectivity index (χ2n) is 7.98. The van der Waals surface area contributed by atoms with Crippen molar-refractivity contribution in [3.05, 3.63) is 64.3 Å². The van der Waals surface area contributed by atoms with Gasteiger partial charge in [0.15, 0.2) is 5.82 Å². The normalized spacial score (nSPS) is 24.3. The minimum atomic E-state index is -0.309. The van der Waals surface area contributed by atoms with Gasteiger partial charge in [-0.15, -0.1) is 0 Å². The lowest BCUT2D eigenvalue weighted by Gasteiger charge is -2.33. The molecule has 1 unspecified atom stereocenters. The number of pyridine rings is 1. The Morgan fingerprint density at radius 3 is 2.86 bits per heavy atom. The number of hydrogen-bond acceptors (Lipinski definition) is 7. The predicted molar refractivity (Wildman–Crippen MR) is 113 cm³/mol. The smallest absolute Gasteiger partial charge is 0.355 e. The van der Waals surface area contributed by atoms with E-state index in [1.807, 2.05) is 42.4 Å². The van der Waals surface area contributed by atoms with Gasteiger partial charge in [0, 0.05) is 49.2 Å². The van der Waals surface area contributed by atoms with Crippen molar-refractivity contribution in [1.82, 2.24) is 30.1 Å². The molecule has 0 aliphatic carbocycles. The minimum absolute atomic E-state index is 0.262. The first-order valence-corrected chi connectivity index (χ1v) is 10.1. The Kier molecular flexibility index (Phi) is 4.25. The van der Waals surface area contributed by atoms with Gasteiger partial charge in [0.25, 0.3) is 0 Å². The molecule has 5 heterocycles. The van der Waals surface area contributed by atoms with Crippen LogP contribution in [0.4, 0.5) is 5.69 Å². The zero-order chi connectivity index (χ0) is 20.1. The molecule has 29 heavy (non-hydrogen) atoms. The number of aromatic nitrogens is 3. The van der Waals surface area contributed by atoms with Crippen LogP contribution in [0.15, 0.2) is 52.7 Å². The van der Waals surface area contributed by atoms with E-state index in [0.717, 1.165) is 42.3 Å². The molecule has 3 aliphatic heterocycles. The van der Waals surface area contributed by atoms with E-state index in [4.69, 9.17) is 0 Å². The Labute approximate surface area is 169 Å². The average molecular weight is 391 g/mol. The number of fused-ring (bicyclic) bond motifs is 2. The number of hydrogen-bond donors (Lipinski definition) is 2. The van der Waals surface area contributed by atoms with Crippen molar-refractivity contribution in [2.45, 2.75) is 32.9 Å². The van der Waals surface area contributed by atoms with E-state index in [1.165, 1.54) is 4.40 Å². The lowest BCUT2D eigenvalue weighted by Crippen LogP contribution is -2.49. The minimum Gasteiger partial charge on any atom is -0.368 e. The molecule has 0 amide bonds. The summed E-state index contributed by atoms with van der Waals surface area (Å²) in [5, 5.41) is 5.48. The average Bonchev–Trinajstić information content (AvgIpc) is 3.08. The molecule has 0 aromatic carbocycles. The van der Waals surface area contributed by atoms with Crippen molar-refractivity contribution < 1.29 is 0 Å². The molecule has 0 bridgehead atoms. The molecule has 1 fully saturated rings. The lowest BCUT2D eigenvalue weighted by atomic mass is 10.1. The van der Waals surface area contributed by atoms with Crippen LogP contribution in [0.1, 0.15) is 26.6 Å². The SMILES string of the molecule is CC1=CC(c2nc(=O)n3cc(N4CCN[C@@H](C)C4)ccc3n2)=CC2=CC(C)NN12. The van der Waals surface area contributed by atoms with E-state index in [2.05, 4.69) is 45.5 Å². The second kappa shape index (κ2) is 6.82. The number of nitrogens with one attached hydrogen (secondary N) is 2. The van der Waals surface area contributed by atoms with Gasteiger partial charge >= 0.3 is 5.69 Å². The van der Waals surface area contributed by atoms with Crippen LogP contribution in [0.5, 0.6) is 0 Å². The van der Waals surface area contributed by atoms with Crippen LogP contribution in [0, 0.1) is 0 Å². The van der Waals surface area contributed by atoms with Crippen molar-refractivity contribution in [3.8, 4) is 0 Å². The molecule has 0 spiro atoms. The zero-order valence-electron chi connectivity index (χ0n) is 16.9. The predicted octanol–water partition coefficient (Wildman–Crippen LogP) is 1.28. The highest BCUT2D eigenvalue weighted by Gasteiger charge is 2.24. The van der Waals surface area contributed by atoms with Gasteiger partial charge in [0.05, 0.1) is 11.4 Å².